The lowest BCUT2D eigenvalue weighted by Crippen LogP contribution is -2.60. The van der Waals surface area contributed by atoms with Gasteiger partial charge in [-0.2, -0.15) is 0 Å². The Morgan fingerprint density at radius 2 is 1.34 bits per heavy atom. The number of imidazole rings is 1. The molecule has 406 valence electrons. The average molecular weight is 1040 g/mol. The Hall–Kier alpha value is -7.88. The van der Waals surface area contributed by atoms with E-state index in [9.17, 15) is 68.4 Å². The molecule has 28 heteroatoms. The number of aliphatic hydroxyl groups is 1. The predicted octanol–water partition coefficient (Wildman–Crippen LogP) is -4.60. The summed E-state index contributed by atoms with van der Waals surface area (Å²) in [7, 11) is 0. The van der Waals surface area contributed by atoms with Crippen LogP contribution in [0, 0.1) is 5.92 Å². The summed E-state index contributed by atoms with van der Waals surface area (Å²) in [6, 6.07) is -6.66. The lowest BCUT2D eigenvalue weighted by atomic mass is 10.0. The van der Waals surface area contributed by atoms with E-state index in [-0.39, 0.29) is 69.9 Å². The number of phenolic OH excluding ortho intramolecular Hbond substituents is 1. The van der Waals surface area contributed by atoms with Crippen molar-refractivity contribution >= 4 is 65.2 Å². The number of aliphatic hydroxyl groups excluding tert-OH is 1. The summed E-state index contributed by atoms with van der Waals surface area (Å²) in [5.41, 5.74) is 17.3. The van der Waals surface area contributed by atoms with Gasteiger partial charge in [-0.15, -0.1) is 0 Å². The Bertz CT molecular complexity index is 2350. The molecule has 0 saturated carbocycles. The number of guanidine groups is 1. The van der Waals surface area contributed by atoms with E-state index >= 15 is 0 Å². The zero-order valence-corrected chi connectivity index (χ0v) is 41.3. The maximum Gasteiger partial charge on any atom is 0.326 e. The molecule has 0 aliphatic carbocycles. The molecule has 2 fully saturated rings. The molecule has 1 aromatic heterocycles. The zero-order chi connectivity index (χ0) is 54.8. The number of amides is 8. The van der Waals surface area contributed by atoms with Crippen LogP contribution < -0.4 is 49.1 Å². The van der Waals surface area contributed by atoms with Gasteiger partial charge < -0.3 is 84.3 Å². The van der Waals surface area contributed by atoms with Crippen LogP contribution in [0.1, 0.15) is 77.0 Å². The number of H-pyrrole nitrogens is 1. The van der Waals surface area contributed by atoms with Gasteiger partial charge >= 0.3 is 11.9 Å². The fourth-order valence-corrected chi connectivity index (χ4v) is 8.41. The van der Waals surface area contributed by atoms with Crippen LogP contribution in [0.5, 0.6) is 5.75 Å². The lowest BCUT2D eigenvalue weighted by Gasteiger charge is -2.33. The molecule has 0 bridgehead atoms. The highest BCUT2D eigenvalue weighted by atomic mass is 16.4. The van der Waals surface area contributed by atoms with Crippen molar-refractivity contribution < 1.29 is 68.4 Å². The number of likely N-dealkylation sites (tertiary alicyclic amines) is 2. The summed E-state index contributed by atoms with van der Waals surface area (Å²) in [5, 5.41) is 53.7. The number of nitrogens with one attached hydrogen (secondary N) is 7. The number of nitrogens with two attached hydrogens (primary N) is 3. The molecule has 0 radical (unpaired) electrons. The molecule has 4 rings (SSSR count). The number of aromatic amines is 1. The third-order valence-corrected chi connectivity index (χ3v) is 12.4. The molecule has 9 atom stereocenters. The summed E-state index contributed by atoms with van der Waals surface area (Å²) >= 11 is 0. The second kappa shape index (κ2) is 27.8. The molecule has 2 aliphatic heterocycles. The molecule has 2 aromatic rings. The molecule has 0 unspecified atom stereocenters. The van der Waals surface area contributed by atoms with Crippen LogP contribution in [0.2, 0.25) is 0 Å². The maximum absolute atomic E-state index is 14.4. The molecule has 17 N–H and O–H groups in total. The highest BCUT2D eigenvalue weighted by molar-refractivity contribution is 5.99. The van der Waals surface area contributed by atoms with E-state index in [1.54, 1.807) is 13.8 Å². The standard InChI is InChI=1S/C46H68N14O14/c1-23(2)36(45(73)74)58-38(66)29(7-4-14-51-46(48)49)54-41(69)32(19-35(63)64)56-40(68)30(17-25-10-12-27(62)13-11-25)57-42(70)33-8-5-15-59(33)44(72)34-9-6-16-60(34)43(71)24(3)53-39(67)31(18-26-20-50-22-52-26)55-37(65)28(47)21-61/h10-13,20,22-24,28-34,36,61-62H,4-9,14-19,21,47H2,1-3H3,(H,50,52)(H,53,67)(H,54,69)(H,55,65)(H,56,68)(H,57,70)(H,58,66)(H,63,64)(H,73,74)(H4,48,49,51)/t24-,28-,29-,30-,31-,32-,33-,34-,36-/m0/s1. The summed E-state index contributed by atoms with van der Waals surface area (Å²) in [4.78, 5) is 147. The van der Waals surface area contributed by atoms with Crippen molar-refractivity contribution in [3.8, 4) is 5.75 Å². The molecule has 1 aromatic carbocycles. The van der Waals surface area contributed by atoms with Crippen LogP contribution in [0.3, 0.4) is 0 Å². The fourth-order valence-electron chi connectivity index (χ4n) is 8.41. The average Bonchev–Trinajstić information content (AvgIpc) is 4.16. The summed E-state index contributed by atoms with van der Waals surface area (Å²) in [5.74, 6) is -10.5. The summed E-state index contributed by atoms with van der Waals surface area (Å²) in [6.45, 7) is 4.03. The van der Waals surface area contributed by atoms with Gasteiger partial charge in [-0.05, 0) is 69.1 Å². The number of carboxylic acids is 2. The fraction of sp³-hybridized carbons (Fsp3) is 0.565. The van der Waals surface area contributed by atoms with Crippen LogP contribution in [-0.2, 0) is 60.8 Å². The third-order valence-electron chi connectivity index (χ3n) is 12.4. The van der Waals surface area contributed by atoms with Gasteiger partial charge in [0.1, 0.15) is 60.1 Å². The topological polar surface area (TPSA) is 449 Å². The number of phenols is 1. The minimum Gasteiger partial charge on any atom is -0.508 e. The van der Waals surface area contributed by atoms with Gasteiger partial charge in [0.05, 0.1) is 19.4 Å². The Balaban J connectivity index is 1.52. The molecule has 28 nitrogen and oxygen atoms in total. The van der Waals surface area contributed by atoms with Gasteiger partial charge in [-0.25, -0.2) is 9.78 Å². The zero-order valence-electron chi connectivity index (χ0n) is 41.3. The highest BCUT2D eigenvalue weighted by Crippen LogP contribution is 2.26. The van der Waals surface area contributed by atoms with Crippen LogP contribution in [0.15, 0.2) is 41.8 Å². The maximum atomic E-state index is 14.4. The summed E-state index contributed by atoms with van der Waals surface area (Å²) < 4.78 is 0. The first kappa shape index (κ1) is 58.7. The van der Waals surface area contributed by atoms with Crippen LogP contribution >= 0.6 is 0 Å². The molecule has 0 spiro atoms. The van der Waals surface area contributed by atoms with Crippen LogP contribution in [0.4, 0.5) is 0 Å². The van der Waals surface area contributed by atoms with Crippen LogP contribution in [0.25, 0.3) is 0 Å². The number of nitrogens with zero attached hydrogens (tertiary/aromatic N) is 4. The van der Waals surface area contributed by atoms with Gasteiger partial charge in [0.2, 0.25) is 47.3 Å². The van der Waals surface area contributed by atoms with Gasteiger partial charge in [0.15, 0.2) is 5.96 Å². The smallest absolute Gasteiger partial charge is 0.326 e. The molecule has 74 heavy (non-hydrogen) atoms. The monoisotopic (exact) mass is 1040 g/mol. The van der Waals surface area contributed by atoms with Crippen molar-refractivity contribution in [1.29, 1.82) is 0 Å². The highest BCUT2D eigenvalue weighted by Gasteiger charge is 2.44. The Kier molecular flexibility index (Phi) is 22.1. The van der Waals surface area contributed by atoms with Crippen molar-refractivity contribution in [2.45, 2.75) is 133 Å². The van der Waals surface area contributed by atoms with Crippen molar-refractivity contribution in [3.63, 3.8) is 0 Å². The van der Waals surface area contributed by atoms with Crippen LogP contribution in [-0.4, -0.2) is 186 Å². The van der Waals surface area contributed by atoms with E-state index in [0.717, 1.165) is 0 Å². The number of hydrogen-bond acceptors (Lipinski definition) is 15. The number of aliphatic carboxylic acids is 2. The summed E-state index contributed by atoms with van der Waals surface area (Å²) in [6.07, 6.45) is 2.50. The number of aliphatic imine (C=N–C) groups is 1. The number of rotatable bonds is 27. The minimum absolute atomic E-state index is 0.00423. The Morgan fingerprint density at radius 1 is 0.757 bits per heavy atom. The number of aromatic hydroxyl groups is 1. The first-order chi connectivity index (χ1) is 35.0. The molecular formula is C46H68N14O14. The van der Waals surface area contributed by atoms with Gasteiger partial charge in [-0.1, -0.05) is 26.0 Å². The van der Waals surface area contributed by atoms with Crippen molar-refractivity contribution in [2.75, 3.05) is 26.2 Å². The van der Waals surface area contributed by atoms with Gasteiger partial charge in [-0.3, -0.25) is 48.1 Å². The quantitative estimate of drug-likeness (QED) is 0.0227. The molecule has 2 saturated heterocycles. The molecule has 3 heterocycles. The number of aromatic nitrogens is 2. The predicted molar refractivity (Wildman–Crippen MR) is 261 cm³/mol. The minimum atomic E-state index is -1.86. The van der Waals surface area contributed by atoms with E-state index in [4.69, 9.17) is 17.2 Å². The van der Waals surface area contributed by atoms with Gasteiger partial charge in [0, 0.05) is 44.4 Å². The Morgan fingerprint density at radius 3 is 1.93 bits per heavy atom. The number of hydrogen-bond donors (Lipinski definition) is 14. The normalized spacial score (nSPS) is 18.1. The van der Waals surface area contributed by atoms with E-state index in [1.165, 1.54) is 53.5 Å². The van der Waals surface area contributed by atoms with Crippen molar-refractivity contribution in [2.24, 2.45) is 28.1 Å². The second-order valence-corrected chi connectivity index (χ2v) is 18.4. The number of carbonyl (C=O) groups is 10. The number of benzene rings is 1. The van der Waals surface area contributed by atoms with E-state index in [2.05, 4.69) is 46.9 Å². The van der Waals surface area contributed by atoms with Crippen molar-refractivity contribution in [1.82, 2.24) is 51.7 Å². The molecule has 8 amide bonds. The van der Waals surface area contributed by atoms with E-state index in [1.807, 2.05) is 0 Å². The Labute approximate surface area is 425 Å². The molecular weight excluding hydrogens is 973 g/mol. The number of carboxylic acid groups (broad SMARTS) is 2. The van der Waals surface area contributed by atoms with E-state index in [0.29, 0.717) is 24.1 Å². The van der Waals surface area contributed by atoms with Crippen molar-refractivity contribution in [3.05, 3.63) is 48.0 Å². The first-order valence-electron chi connectivity index (χ1n) is 24.1. The van der Waals surface area contributed by atoms with Gasteiger partial charge in [0.25, 0.3) is 0 Å². The third kappa shape index (κ3) is 17.1. The van der Waals surface area contributed by atoms with E-state index < -0.39 is 133 Å². The lowest BCUT2D eigenvalue weighted by molar-refractivity contribution is -0.148. The second-order valence-electron chi connectivity index (χ2n) is 18.4. The molecule has 2 aliphatic rings. The number of carbonyl (C=O) groups excluding carboxylic acids is 8. The first-order valence-corrected chi connectivity index (χ1v) is 24.1. The SMILES string of the molecule is CC(C)[C@H](NC(=O)[C@H](CCCN=C(N)N)NC(=O)[C@H](CC(=O)O)NC(=O)[C@H](Cc1ccc(O)cc1)NC(=O)[C@@H]1CCCN1C(=O)[C@@H]1CCCN1C(=O)[C@H](C)NC(=O)[C@H](Cc1cnc[nH]1)NC(=O)[C@@H](N)CO)C(=O)O. The largest absolute Gasteiger partial charge is 0.508 e.